The molecule has 0 bridgehead atoms. The van der Waals surface area contributed by atoms with Crippen LogP contribution in [0.25, 0.3) is 0 Å². The van der Waals surface area contributed by atoms with Crippen LogP contribution in [0.3, 0.4) is 0 Å². The van der Waals surface area contributed by atoms with Gasteiger partial charge in [-0.15, -0.1) is 0 Å². The van der Waals surface area contributed by atoms with Gasteiger partial charge in [-0.2, -0.15) is 4.31 Å². The number of piperazine rings is 1. The fourth-order valence-electron chi connectivity index (χ4n) is 4.34. The molecule has 2 heterocycles. The van der Waals surface area contributed by atoms with Crippen molar-refractivity contribution >= 4 is 10.0 Å². The Bertz CT molecular complexity index is 800. The molecule has 2 unspecified atom stereocenters. The Kier molecular flexibility index (Phi) is 5.32. The lowest BCUT2D eigenvalue weighted by atomic mass is 10.0. The first-order chi connectivity index (χ1) is 13.0. The maximum Gasteiger partial charge on any atom is 0.211 e. The number of sulfonamides is 1. The van der Waals surface area contributed by atoms with Gasteiger partial charge in [0.2, 0.25) is 10.0 Å². The third kappa shape index (κ3) is 4.24. The first-order valence-electron chi connectivity index (χ1n) is 9.52. The second-order valence-electron chi connectivity index (χ2n) is 7.63. The van der Waals surface area contributed by atoms with Crippen LogP contribution in [0.1, 0.15) is 11.1 Å². The molecule has 2 saturated heterocycles. The highest BCUT2D eigenvalue weighted by atomic mass is 32.2. The van der Waals surface area contributed by atoms with Crippen molar-refractivity contribution in [2.75, 3.05) is 32.4 Å². The fraction of sp³-hybridized carbons (Fsp3) is 0.429. The Balaban J connectivity index is 1.55. The zero-order valence-electron chi connectivity index (χ0n) is 15.7. The number of hydrogen-bond acceptors (Lipinski definition) is 4. The zero-order chi connectivity index (χ0) is 18.9. The highest BCUT2D eigenvalue weighted by molar-refractivity contribution is 7.88. The van der Waals surface area contributed by atoms with E-state index in [9.17, 15) is 8.42 Å². The molecule has 2 aromatic carbocycles. The van der Waals surface area contributed by atoms with E-state index < -0.39 is 10.0 Å². The van der Waals surface area contributed by atoms with Crippen LogP contribution < -0.4 is 0 Å². The molecular weight excluding hydrogens is 358 g/mol. The Morgan fingerprint density at radius 1 is 0.778 bits per heavy atom. The predicted octanol–water partition coefficient (Wildman–Crippen LogP) is 2.02. The minimum absolute atomic E-state index is 0.234. The summed E-state index contributed by atoms with van der Waals surface area (Å²) in [6.07, 6.45) is 1.33. The Labute approximate surface area is 162 Å². The zero-order valence-corrected chi connectivity index (χ0v) is 16.6. The molecule has 4 rings (SSSR count). The smallest absolute Gasteiger partial charge is 0.211 e. The molecule has 2 aromatic rings. The van der Waals surface area contributed by atoms with Crippen LogP contribution in [-0.2, 0) is 23.1 Å². The molecule has 0 amide bonds. The summed E-state index contributed by atoms with van der Waals surface area (Å²) in [6, 6.07) is 21.4. The fourth-order valence-corrected chi connectivity index (χ4v) is 5.19. The third-order valence-corrected chi connectivity index (χ3v) is 7.00. The van der Waals surface area contributed by atoms with Crippen molar-refractivity contribution in [3.63, 3.8) is 0 Å². The first kappa shape index (κ1) is 18.6. The van der Waals surface area contributed by atoms with E-state index in [0.717, 1.165) is 26.2 Å². The lowest BCUT2D eigenvalue weighted by Crippen LogP contribution is -2.58. The molecule has 5 nitrogen and oxygen atoms in total. The molecule has 2 atom stereocenters. The monoisotopic (exact) mass is 385 g/mol. The van der Waals surface area contributed by atoms with Gasteiger partial charge in [0.15, 0.2) is 0 Å². The molecular formula is C21H27N3O2S. The topological polar surface area (TPSA) is 43.9 Å². The first-order valence-corrected chi connectivity index (χ1v) is 11.4. The second-order valence-corrected chi connectivity index (χ2v) is 9.61. The molecule has 0 aliphatic carbocycles. The summed E-state index contributed by atoms with van der Waals surface area (Å²) in [5, 5.41) is 0. The van der Waals surface area contributed by atoms with Crippen LogP contribution in [0.5, 0.6) is 0 Å². The highest BCUT2D eigenvalue weighted by Gasteiger charge is 2.45. The van der Waals surface area contributed by atoms with Gasteiger partial charge in [0.1, 0.15) is 0 Å². The molecule has 0 aromatic heterocycles. The number of benzene rings is 2. The molecule has 2 aliphatic rings. The van der Waals surface area contributed by atoms with Crippen molar-refractivity contribution in [1.82, 2.24) is 14.1 Å². The van der Waals surface area contributed by atoms with Crippen molar-refractivity contribution in [2.45, 2.75) is 25.2 Å². The number of nitrogens with zero attached hydrogens (tertiary/aromatic N) is 3. The Morgan fingerprint density at radius 2 is 1.19 bits per heavy atom. The molecule has 27 heavy (non-hydrogen) atoms. The van der Waals surface area contributed by atoms with Crippen molar-refractivity contribution in [3.05, 3.63) is 71.8 Å². The van der Waals surface area contributed by atoms with Gasteiger partial charge in [-0.1, -0.05) is 60.7 Å². The van der Waals surface area contributed by atoms with E-state index in [-0.39, 0.29) is 12.1 Å². The number of hydrogen-bond donors (Lipinski definition) is 0. The van der Waals surface area contributed by atoms with Crippen LogP contribution in [0.4, 0.5) is 0 Å². The van der Waals surface area contributed by atoms with E-state index in [1.807, 2.05) is 12.1 Å². The number of fused-ring (bicyclic) bond motifs is 1. The molecule has 144 valence electrons. The quantitative estimate of drug-likeness (QED) is 0.790. The van der Waals surface area contributed by atoms with E-state index >= 15 is 0 Å². The molecule has 0 spiro atoms. The van der Waals surface area contributed by atoms with Gasteiger partial charge in [0.25, 0.3) is 0 Å². The molecule has 0 radical (unpaired) electrons. The summed E-state index contributed by atoms with van der Waals surface area (Å²) in [4.78, 5) is 4.93. The Hall–Kier alpha value is -1.73. The normalized spacial score (nSPS) is 24.8. The van der Waals surface area contributed by atoms with Crippen LogP contribution in [0, 0.1) is 0 Å². The van der Waals surface area contributed by atoms with E-state index in [4.69, 9.17) is 0 Å². The van der Waals surface area contributed by atoms with Gasteiger partial charge >= 0.3 is 0 Å². The van der Waals surface area contributed by atoms with Crippen molar-refractivity contribution in [1.29, 1.82) is 0 Å². The maximum atomic E-state index is 12.2. The minimum atomic E-state index is -3.17. The standard InChI is InChI=1S/C21H27N3O2S/c1-27(25,26)24-16-20-21(17-24)23(15-19-10-6-3-7-11-19)13-12-22(20)14-18-8-4-2-5-9-18/h2-11,20-21H,12-17H2,1H3. The largest absolute Gasteiger partial charge is 0.292 e. The summed E-state index contributed by atoms with van der Waals surface area (Å²) in [6.45, 7) is 4.84. The summed E-state index contributed by atoms with van der Waals surface area (Å²) in [5.41, 5.74) is 2.57. The van der Waals surface area contributed by atoms with Gasteiger partial charge < -0.3 is 0 Å². The lowest BCUT2D eigenvalue weighted by Gasteiger charge is -2.44. The minimum Gasteiger partial charge on any atom is -0.292 e. The third-order valence-electron chi connectivity index (χ3n) is 5.76. The van der Waals surface area contributed by atoms with Crippen molar-refractivity contribution in [2.24, 2.45) is 0 Å². The van der Waals surface area contributed by atoms with Gasteiger partial charge in [-0.3, -0.25) is 9.80 Å². The molecule has 2 fully saturated rings. The summed E-state index contributed by atoms with van der Waals surface area (Å²) in [5.74, 6) is 0. The van der Waals surface area contributed by atoms with Gasteiger partial charge in [-0.25, -0.2) is 8.42 Å². The summed E-state index contributed by atoms with van der Waals surface area (Å²) >= 11 is 0. The maximum absolute atomic E-state index is 12.2. The van der Waals surface area contributed by atoms with Crippen LogP contribution in [-0.4, -0.2) is 67.0 Å². The van der Waals surface area contributed by atoms with Crippen molar-refractivity contribution < 1.29 is 8.42 Å². The highest BCUT2D eigenvalue weighted by Crippen LogP contribution is 2.29. The lowest BCUT2D eigenvalue weighted by molar-refractivity contribution is 0.0355. The van der Waals surface area contributed by atoms with Crippen LogP contribution in [0.15, 0.2) is 60.7 Å². The van der Waals surface area contributed by atoms with Crippen LogP contribution >= 0.6 is 0 Å². The van der Waals surface area contributed by atoms with E-state index in [1.54, 1.807) is 4.31 Å². The number of rotatable bonds is 5. The van der Waals surface area contributed by atoms with E-state index in [2.05, 4.69) is 58.3 Å². The predicted molar refractivity (Wildman–Crippen MR) is 108 cm³/mol. The average Bonchev–Trinajstić information content (AvgIpc) is 3.12. The van der Waals surface area contributed by atoms with Gasteiger partial charge in [0.05, 0.1) is 6.26 Å². The van der Waals surface area contributed by atoms with Crippen LogP contribution in [0.2, 0.25) is 0 Å². The Morgan fingerprint density at radius 3 is 1.56 bits per heavy atom. The van der Waals surface area contributed by atoms with E-state index in [1.165, 1.54) is 17.4 Å². The molecule has 2 aliphatic heterocycles. The molecule has 0 N–H and O–H groups in total. The molecule has 0 saturated carbocycles. The SMILES string of the molecule is CS(=O)(=O)N1CC2C(C1)N(Cc1ccccc1)CCN2Cc1ccccc1. The van der Waals surface area contributed by atoms with E-state index in [0.29, 0.717) is 13.1 Å². The average molecular weight is 386 g/mol. The summed E-state index contributed by atoms with van der Waals surface area (Å²) < 4.78 is 26.0. The van der Waals surface area contributed by atoms with Crippen molar-refractivity contribution in [3.8, 4) is 0 Å². The molecule has 6 heteroatoms. The van der Waals surface area contributed by atoms with Gasteiger partial charge in [-0.05, 0) is 11.1 Å². The van der Waals surface area contributed by atoms with Gasteiger partial charge in [0, 0.05) is 51.4 Å². The summed E-state index contributed by atoms with van der Waals surface area (Å²) in [7, 11) is -3.17. The second kappa shape index (κ2) is 7.72.